The lowest BCUT2D eigenvalue weighted by molar-refractivity contribution is -0.136. The molecule has 0 radical (unpaired) electrons. The maximum absolute atomic E-state index is 13.5. The fourth-order valence-electron chi connectivity index (χ4n) is 4.78. The Morgan fingerprint density at radius 3 is 2.64 bits per heavy atom. The number of amides is 1. The number of carbonyl (C=O) groups excluding carboxylic acids is 1. The first-order valence-corrected chi connectivity index (χ1v) is 13.4. The Morgan fingerprint density at radius 1 is 1.30 bits per heavy atom. The monoisotopic (exact) mass is 478 g/mol. The van der Waals surface area contributed by atoms with Crippen molar-refractivity contribution in [3.8, 4) is 5.75 Å². The second-order valence-corrected chi connectivity index (χ2v) is 11.4. The van der Waals surface area contributed by atoms with Gasteiger partial charge in [-0.1, -0.05) is 44.4 Å². The van der Waals surface area contributed by atoms with Crippen molar-refractivity contribution in [3.05, 3.63) is 29.8 Å². The molecule has 8 heteroatoms. The third kappa shape index (κ3) is 5.78. The summed E-state index contributed by atoms with van der Waals surface area (Å²) in [4.78, 5) is 14.9. The van der Waals surface area contributed by atoms with Gasteiger partial charge in [0.2, 0.25) is 15.9 Å². The summed E-state index contributed by atoms with van der Waals surface area (Å²) in [6.45, 7) is 5.85. The molecule has 1 aromatic rings. The van der Waals surface area contributed by atoms with Crippen LogP contribution in [0.15, 0.2) is 29.2 Å². The molecule has 0 saturated heterocycles. The highest BCUT2D eigenvalue weighted by atomic mass is 32.2. The summed E-state index contributed by atoms with van der Waals surface area (Å²) >= 11 is 0. The molecule has 0 bridgehead atoms. The van der Waals surface area contributed by atoms with Gasteiger partial charge >= 0.3 is 0 Å². The van der Waals surface area contributed by atoms with Crippen molar-refractivity contribution in [2.45, 2.75) is 69.9 Å². The summed E-state index contributed by atoms with van der Waals surface area (Å²) in [7, 11) is -2.05. The van der Waals surface area contributed by atoms with Crippen LogP contribution in [0.5, 0.6) is 5.75 Å². The largest absolute Gasteiger partial charge is 0.487 e. The first-order chi connectivity index (χ1) is 15.7. The Labute approximate surface area is 198 Å². The van der Waals surface area contributed by atoms with E-state index in [2.05, 4.69) is 0 Å². The zero-order chi connectivity index (χ0) is 24.2. The van der Waals surface area contributed by atoms with E-state index >= 15 is 0 Å². The molecule has 0 spiro atoms. The van der Waals surface area contributed by atoms with Crippen LogP contribution in [0.1, 0.15) is 58.4 Å². The first-order valence-electron chi connectivity index (χ1n) is 12.0. The molecule has 1 aliphatic heterocycles. The number of carbonyl (C=O) groups is 1. The molecular formula is C25H38N2O5S. The average molecular weight is 479 g/mol. The Morgan fingerprint density at radius 2 is 2.00 bits per heavy atom. The number of hydrogen-bond acceptors (Lipinski definition) is 5. The lowest BCUT2D eigenvalue weighted by Gasteiger charge is -2.38. The first kappa shape index (κ1) is 25.7. The fraction of sp³-hybridized carbons (Fsp3) is 0.640. The van der Waals surface area contributed by atoms with Crippen LogP contribution in [0, 0.1) is 11.8 Å². The lowest BCUT2D eigenvalue weighted by atomic mass is 9.88. The highest BCUT2D eigenvalue weighted by molar-refractivity contribution is 7.89. The lowest BCUT2D eigenvalue weighted by Crippen LogP contribution is -2.50. The summed E-state index contributed by atoms with van der Waals surface area (Å²) in [5.74, 6) is 0.306. The number of hydrogen-bond donors (Lipinski definition) is 1. The number of benzene rings is 1. The quantitative estimate of drug-likeness (QED) is 0.676. The van der Waals surface area contributed by atoms with Crippen LogP contribution in [-0.2, 0) is 14.8 Å². The van der Waals surface area contributed by atoms with E-state index in [9.17, 15) is 18.3 Å². The van der Waals surface area contributed by atoms with Crippen molar-refractivity contribution >= 4 is 22.0 Å². The van der Waals surface area contributed by atoms with Crippen LogP contribution < -0.4 is 4.74 Å². The summed E-state index contributed by atoms with van der Waals surface area (Å²) < 4.78 is 34.7. The van der Waals surface area contributed by atoms with Gasteiger partial charge in [0.15, 0.2) is 0 Å². The minimum absolute atomic E-state index is 0.0625. The molecule has 184 valence electrons. The Kier molecular flexibility index (Phi) is 8.59. The number of nitrogens with zero attached hydrogens (tertiary/aromatic N) is 2. The Hall–Kier alpha value is -1.90. The zero-order valence-corrected chi connectivity index (χ0v) is 21.1. The number of rotatable bonds is 6. The summed E-state index contributed by atoms with van der Waals surface area (Å²) in [5, 5.41) is 9.76. The second-order valence-electron chi connectivity index (χ2n) is 9.50. The van der Waals surface area contributed by atoms with Gasteiger partial charge in [0, 0.05) is 31.5 Å². The van der Waals surface area contributed by atoms with Gasteiger partial charge in [0.05, 0.1) is 13.2 Å². The maximum Gasteiger partial charge on any atom is 0.247 e. The van der Waals surface area contributed by atoms with E-state index in [0.717, 1.165) is 31.2 Å². The van der Waals surface area contributed by atoms with Gasteiger partial charge in [-0.2, -0.15) is 4.31 Å². The second kappa shape index (κ2) is 11.0. The third-order valence-corrected chi connectivity index (χ3v) is 8.85. The van der Waals surface area contributed by atoms with Gasteiger partial charge in [0.1, 0.15) is 16.7 Å². The number of aliphatic hydroxyl groups is 1. The van der Waals surface area contributed by atoms with Gasteiger partial charge in [-0.05, 0) is 44.4 Å². The van der Waals surface area contributed by atoms with Crippen molar-refractivity contribution in [1.29, 1.82) is 0 Å². The minimum atomic E-state index is -3.86. The Balaban J connectivity index is 1.95. The molecule has 1 heterocycles. The molecule has 1 fully saturated rings. The maximum atomic E-state index is 13.5. The van der Waals surface area contributed by atoms with Gasteiger partial charge in [-0.15, -0.1) is 0 Å². The molecular weight excluding hydrogens is 440 g/mol. The molecule has 1 N–H and O–H groups in total. The van der Waals surface area contributed by atoms with Crippen molar-refractivity contribution in [2.24, 2.45) is 11.8 Å². The van der Waals surface area contributed by atoms with E-state index in [4.69, 9.17) is 4.74 Å². The van der Waals surface area contributed by atoms with Crippen LogP contribution in [0.2, 0.25) is 0 Å². The van der Waals surface area contributed by atoms with E-state index in [1.54, 1.807) is 30.0 Å². The van der Waals surface area contributed by atoms with Gasteiger partial charge in [-0.25, -0.2) is 8.42 Å². The number of aliphatic hydroxyl groups excluding tert-OH is 1. The standard InChI is InChI=1S/C25H38N2O5S/c1-5-9-20-12-13-24-22(14-20)32-23(16-26(4)25(29)21-10-7-6-8-11-21)18(2)15-27(19(3)17-28)33(24,30)31/h5,9,12-14,18-19,21,23,28H,6-8,10-11,15-17H2,1-4H3/b9-5+/t18-,19-,23-/m1/s1. The smallest absolute Gasteiger partial charge is 0.247 e. The normalized spacial score (nSPS) is 25.0. The molecule has 0 aromatic heterocycles. The van der Waals surface area contributed by atoms with Crippen LogP contribution in [0.25, 0.3) is 6.08 Å². The molecule has 1 saturated carbocycles. The minimum Gasteiger partial charge on any atom is -0.487 e. The number of allylic oxidation sites excluding steroid dienone is 1. The molecule has 33 heavy (non-hydrogen) atoms. The van der Waals surface area contributed by atoms with Gasteiger partial charge in [0.25, 0.3) is 0 Å². The fourth-order valence-corrected chi connectivity index (χ4v) is 6.60. The summed E-state index contributed by atoms with van der Waals surface area (Å²) in [5.41, 5.74) is 0.840. The topological polar surface area (TPSA) is 87.2 Å². The van der Waals surface area contributed by atoms with Crippen LogP contribution >= 0.6 is 0 Å². The van der Waals surface area contributed by atoms with Crippen molar-refractivity contribution < 1.29 is 23.1 Å². The molecule has 7 nitrogen and oxygen atoms in total. The predicted octanol–water partition coefficient (Wildman–Crippen LogP) is 3.53. The van der Waals surface area contributed by atoms with Gasteiger partial charge in [-0.3, -0.25) is 4.79 Å². The molecule has 1 amide bonds. The molecule has 3 atom stereocenters. The average Bonchev–Trinajstić information content (AvgIpc) is 2.81. The molecule has 2 aliphatic rings. The SMILES string of the molecule is C/C=C/c1ccc2c(c1)O[C@H](CN(C)C(=O)C1CCCCC1)[C@H](C)CN([C@H](C)CO)S2(=O)=O. The highest BCUT2D eigenvalue weighted by Crippen LogP contribution is 2.35. The van der Waals surface area contributed by atoms with E-state index in [1.165, 1.54) is 10.7 Å². The number of ether oxygens (including phenoxy) is 1. The Bertz CT molecular complexity index is 956. The van der Waals surface area contributed by atoms with E-state index < -0.39 is 16.1 Å². The summed E-state index contributed by atoms with van der Waals surface area (Å²) in [6.07, 6.45) is 8.62. The zero-order valence-electron chi connectivity index (χ0n) is 20.2. The molecule has 1 aromatic carbocycles. The highest BCUT2D eigenvalue weighted by Gasteiger charge is 2.38. The third-order valence-electron chi connectivity index (χ3n) is 6.83. The number of fused-ring (bicyclic) bond motifs is 1. The van der Waals surface area contributed by atoms with Crippen LogP contribution in [0.3, 0.4) is 0 Å². The number of sulfonamides is 1. The van der Waals surface area contributed by atoms with Crippen molar-refractivity contribution in [1.82, 2.24) is 9.21 Å². The van der Waals surface area contributed by atoms with Crippen LogP contribution in [0.4, 0.5) is 0 Å². The summed E-state index contributed by atoms with van der Waals surface area (Å²) in [6, 6.07) is 4.49. The van der Waals surface area contributed by atoms with E-state index in [0.29, 0.717) is 6.54 Å². The van der Waals surface area contributed by atoms with E-state index in [1.807, 2.05) is 33.0 Å². The number of likely N-dealkylation sites (N-methyl/N-ethyl adjacent to an activating group) is 1. The van der Waals surface area contributed by atoms with Crippen molar-refractivity contribution in [3.63, 3.8) is 0 Å². The predicted molar refractivity (Wildman–Crippen MR) is 129 cm³/mol. The van der Waals surface area contributed by atoms with Crippen LogP contribution in [-0.4, -0.2) is 67.5 Å². The molecule has 1 aliphatic carbocycles. The van der Waals surface area contributed by atoms with Crippen molar-refractivity contribution in [2.75, 3.05) is 26.7 Å². The molecule has 0 unspecified atom stereocenters. The van der Waals surface area contributed by atoms with Gasteiger partial charge < -0.3 is 14.7 Å². The molecule has 3 rings (SSSR count). The van der Waals surface area contributed by atoms with E-state index in [-0.39, 0.29) is 47.6 Å².